The van der Waals surface area contributed by atoms with E-state index >= 15 is 0 Å². The van der Waals surface area contributed by atoms with E-state index in [4.69, 9.17) is 9.84 Å². The van der Waals surface area contributed by atoms with Crippen molar-refractivity contribution in [2.45, 2.75) is 26.3 Å². The number of benzene rings is 1. The zero-order valence-corrected chi connectivity index (χ0v) is 11.6. The van der Waals surface area contributed by atoms with Gasteiger partial charge < -0.3 is 15.2 Å². The summed E-state index contributed by atoms with van der Waals surface area (Å²) < 4.78 is 5.30. The molecule has 1 aromatic rings. The molecule has 0 unspecified atom stereocenters. The molecule has 1 aromatic carbocycles. The van der Waals surface area contributed by atoms with E-state index in [9.17, 15) is 4.79 Å². The van der Waals surface area contributed by atoms with Crippen LogP contribution in [0.5, 0.6) is 5.75 Å². The number of para-hydroxylation sites is 1. The first-order valence-corrected chi connectivity index (χ1v) is 6.38. The number of methoxy groups -OCH3 is 1. The first-order chi connectivity index (χ1) is 9.10. The summed E-state index contributed by atoms with van der Waals surface area (Å²) in [4.78, 5) is 10.9. The Labute approximate surface area is 114 Å². The Kier molecular flexibility index (Phi) is 6.09. The molecule has 19 heavy (non-hydrogen) atoms. The molecule has 0 spiro atoms. The van der Waals surface area contributed by atoms with Gasteiger partial charge in [0, 0.05) is 23.7 Å². The molecule has 0 saturated carbocycles. The Morgan fingerprint density at radius 2 is 2.16 bits per heavy atom. The molecule has 0 fully saturated rings. The van der Waals surface area contributed by atoms with E-state index in [1.165, 1.54) is 0 Å². The van der Waals surface area contributed by atoms with E-state index in [1.54, 1.807) is 13.2 Å². The molecule has 0 saturated heterocycles. The van der Waals surface area contributed by atoms with Crippen molar-refractivity contribution in [1.29, 1.82) is 0 Å². The average molecular weight is 263 g/mol. The number of carbonyl (C=O) groups is 1. The predicted molar refractivity (Wildman–Crippen MR) is 75.4 cm³/mol. The lowest BCUT2D eigenvalue weighted by molar-refractivity contribution is -0.132. The monoisotopic (exact) mass is 263 g/mol. The number of hydrogen-bond donors (Lipinski definition) is 2. The second-order valence-electron chi connectivity index (χ2n) is 4.26. The van der Waals surface area contributed by atoms with Gasteiger partial charge in [0.2, 0.25) is 0 Å². The summed E-state index contributed by atoms with van der Waals surface area (Å²) in [5.74, 6) is -0.0188. The first-order valence-electron chi connectivity index (χ1n) is 6.38. The zero-order valence-electron chi connectivity index (χ0n) is 11.6. The van der Waals surface area contributed by atoms with E-state index in [0.29, 0.717) is 18.5 Å². The van der Waals surface area contributed by atoms with E-state index in [0.717, 1.165) is 11.3 Å². The van der Waals surface area contributed by atoms with Crippen LogP contribution < -0.4 is 10.1 Å². The van der Waals surface area contributed by atoms with Crippen molar-refractivity contribution >= 4 is 5.97 Å². The lowest BCUT2D eigenvalue weighted by Crippen LogP contribution is -2.20. The molecular formula is C15H21NO3. The zero-order chi connectivity index (χ0) is 14.3. The van der Waals surface area contributed by atoms with Crippen LogP contribution in [0.2, 0.25) is 0 Å². The van der Waals surface area contributed by atoms with E-state index < -0.39 is 5.97 Å². The molecule has 1 atom stereocenters. The second-order valence-corrected chi connectivity index (χ2v) is 4.26. The molecule has 0 bridgehead atoms. The van der Waals surface area contributed by atoms with E-state index in [-0.39, 0.29) is 6.04 Å². The number of hydrogen-bond acceptors (Lipinski definition) is 3. The maximum atomic E-state index is 10.9. The van der Waals surface area contributed by atoms with Gasteiger partial charge in [-0.1, -0.05) is 31.2 Å². The van der Waals surface area contributed by atoms with Crippen LogP contribution in [0.15, 0.2) is 35.9 Å². The normalized spacial score (nSPS) is 13.1. The summed E-state index contributed by atoms with van der Waals surface area (Å²) in [5.41, 5.74) is 1.49. The summed E-state index contributed by atoms with van der Waals surface area (Å²) in [6.07, 6.45) is 2.24. The van der Waals surface area contributed by atoms with Gasteiger partial charge in [0.05, 0.1) is 7.11 Å². The van der Waals surface area contributed by atoms with Crippen molar-refractivity contribution in [1.82, 2.24) is 5.32 Å². The minimum absolute atomic E-state index is 0.0966. The molecule has 4 nitrogen and oxygen atoms in total. The first kappa shape index (κ1) is 15.2. The predicted octanol–water partition coefficient (Wildman–Crippen LogP) is 2.77. The Morgan fingerprint density at radius 1 is 1.47 bits per heavy atom. The highest BCUT2D eigenvalue weighted by Gasteiger charge is 2.10. The molecule has 0 aliphatic heterocycles. The Bertz CT molecular complexity index is 454. The fourth-order valence-corrected chi connectivity index (χ4v) is 1.88. The molecule has 2 N–H and O–H groups in total. The summed E-state index contributed by atoms with van der Waals surface area (Å²) >= 11 is 0. The van der Waals surface area contributed by atoms with Crippen molar-refractivity contribution in [3.05, 3.63) is 41.5 Å². The fourth-order valence-electron chi connectivity index (χ4n) is 1.88. The topological polar surface area (TPSA) is 58.6 Å². The van der Waals surface area contributed by atoms with Crippen LogP contribution in [-0.4, -0.2) is 24.7 Å². The van der Waals surface area contributed by atoms with Crippen LogP contribution in [0.25, 0.3) is 0 Å². The molecule has 4 heteroatoms. The summed E-state index contributed by atoms with van der Waals surface area (Å²) in [6, 6.07) is 7.89. The summed E-state index contributed by atoms with van der Waals surface area (Å²) in [6.45, 7) is 4.39. The molecular weight excluding hydrogens is 242 g/mol. The maximum absolute atomic E-state index is 10.9. The van der Waals surface area contributed by atoms with Crippen molar-refractivity contribution in [2.75, 3.05) is 13.7 Å². The van der Waals surface area contributed by atoms with Crippen LogP contribution in [0, 0.1) is 0 Å². The number of carboxylic acid groups (broad SMARTS) is 1. The largest absolute Gasteiger partial charge is 0.496 e. The van der Waals surface area contributed by atoms with Crippen molar-refractivity contribution in [3.8, 4) is 5.75 Å². The molecule has 0 aliphatic carbocycles. The molecule has 104 valence electrons. The number of rotatable bonds is 7. The Balaban J connectivity index is 2.65. The van der Waals surface area contributed by atoms with Gasteiger partial charge >= 0.3 is 5.97 Å². The summed E-state index contributed by atoms with van der Waals surface area (Å²) in [7, 11) is 1.64. The van der Waals surface area contributed by atoms with Crippen molar-refractivity contribution < 1.29 is 14.6 Å². The van der Waals surface area contributed by atoms with Crippen molar-refractivity contribution in [2.24, 2.45) is 0 Å². The lowest BCUT2D eigenvalue weighted by atomic mass is 10.1. The fraction of sp³-hybridized carbons (Fsp3) is 0.400. The number of nitrogens with one attached hydrogen (secondary N) is 1. The van der Waals surface area contributed by atoms with Gasteiger partial charge in [-0.3, -0.25) is 0 Å². The molecule has 1 rings (SSSR count). The Hall–Kier alpha value is -1.81. The molecule has 0 amide bonds. The highest BCUT2D eigenvalue weighted by atomic mass is 16.5. The number of aliphatic carboxylic acids is 1. The van der Waals surface area contributed by atoms with Crippen molar-refractivity contribution in [3.63, 3.8) is 0 Å². The highest BCUT2D eigenvalue weighted by Crippen LogP contribution is 2.24. The van der Waals surface area contributed by atoms with Gasteiger partial charge in [-0.05, 0) is 19.4 Å². The van der Waals surface area contributed by atoms with Gasteiger partial charge in [-0.2, -0.15) is 0 Å². The SMILES string of the molecule is CC/C(=C/CN[C@@H](C)c1ccccc1OC)C(=O)O. The standard InChI is InChI=1S/C15H21NO3/c1-4-12(15(17)18)9-10-16-11(2)13-7-5-6-8-14(13)19-3/h5-9,11,16H,4,10H2,1-3H3,(H,17,18)/b12-9-/t11-/m0/s1. The Morgan fingerprint density at radius 3 is 2.74 bits per heavy atom. The van der Waals surface area contributed by atoms with Gasteiger partial charge in [-0.15, -0.1) is 0 Å². The third-order valence-corrected chi connectivity index (χ3v) is 3.03. The number of carboxylic acids is 1. The average Bonchev–Trinajstić information content (AvgIpc) is 2.42. The van der Waals surface area contributed by atoms with E-state index in [1.807, 2.05) is 38.1 Å². The van der Waals surface area contributed by atoms with Crippen LogP contribution in [0.3, 0.4) is 0 Å². The van der Waals surface area contributed by atoms with Crippen LogP contribution in [-0.2, 0) is 4.79 Å². The smallest absolute Gasteiger partial charge is 0.331 e. The minimum Gasteiger partial charge on any atom is -0.496 e. The van der Waals surface area contributed by atoms with Gasteiger partial charge in [0.1, 0.15) is 5.75 Å². The second kappa shape index (κ2) is 7.59. The molecule has 0 aliphatic rings. The third-order valence-electron chi connectivity index (χ3n) is 3.03. The minimum atomic E-state index is -0.853. The molecule has 0 radical (unpaired) electrons. The summed E-state index contributed by atoms with van der Waals surface area (Å²) in [5, 5.41) is 12.2. The molecule has 0 aromatic heterocycles. The number of ether oxygens (including phenoxy) is 1. The molecule has 0 heterocycles. The van der Waals surface area contributed by atoms with Gasteiger partial charge in [-0.25, -0.2) is 4.79 Å². The van der Waals surface area contributed by atoms with Crippen LogP contribution in [0.1, 0.15) is 31.9 Å². The van der Waals surface area contributed by atoms with Crippen LogP contribution >= 0.6 is 0 Å². The third kappa shape index (κ3) is 4.41. The van der Waals surface area contributed by atoms with E-state index in [2.05, 4.69) is 5.32 Å². The quantitative estimate of drug-likeness (QED) is 0.743. The van der Waals surface area contributed by atoms with Gasteiger partial charge in [0.25, 0.3) is 0 Å². The van der Waals surface area contributed by atoms with Gasteiger partial charge in [0.15, 0.2) is 0 Å². The highest BCUT2D eigenvalue weighted by molar-refractivity contribution is 5.86. The maximum Gasteiger partial charge on any atom is 0.331 e. The van der Waals surface area contributed by atoms with Crippen LogP contribution in [0.4, 0.5) is 0 Å². The lowest BCUT2D eigenvalue weighted by Gasteiger charge is -2.16.